The third-order valence-electron chi connectivity index (χ3n) is 8.25. The molecule has 1 saturated carbocycles. The van der Waals surface area contributed by atoms with Crippen LogP contribution >= 0.6 is 0 Å². The molecule has 3 nitrogen and oxygen atoms in total. The van der Waals surface area contributed by atoms with Crippen LogP contribution in [0.15, 0.2) is 60.7 Å². The van der Waals surface area contributed by atoms with Crippen LogP contribution in [0.3, 0.4) is 0 Å². The SMILES string of the molecule is CCN(CC)CCN1CC2C(c3ccccc3)CC(N(C)C)(CC2c2ccccc2)C1. The van der Waals surface area contributed by atoms with Crippen LogP contribution in [0.4, 0.5) is 0 Å². The maximum absolute atomic E-state index is 2.80. The molecule has 3 heteroatoms. The van der Waals surface area contributed by atoms with Crippen molar-refractivity contribution >= 4 is 0 Å². The Balaban J connectivity index is 1.71. The zero-order valence-electron chi connectivity index (χ0n) is 20.0. The molecule has 0 radical (unpaired) electrons. The largest absolute Gasteiger partial charge is 0.303 e. The van der Waals surface area contributed by atoms with Crippen LogP contribution in [0.1, 0.15) is 49.7 Å². The lowest BCUT2D eigenvalue weighted by Gasteiger charge is -2.49. The van der Waals surface area contributed by atoms with Gasteiger partial charge in [0.05, 0.1) is 0 Å². The number of rotatable bonds is 8. The summed E-state index contributed by atoms with van der Waals surface area (Å²) in [6.45, 7) is 11.6. The number of fused-ring (bicyclic) bond motifs is 4. The van der Waals surface area contributed by atoms with Gasteiger partial charge < -0.3 is 9.80 Å². The molecular weight excluding hydrogens is 378 g/mol. The minimum Gasteiger partial charge on any atom is -0.303 e. The molecule has 2 bridgehead atoms. The van der Waals surface area contributed by atoms with Crippen LogP contribution in [0.5, 0.6) is 0 Å². The van der Waals surface area contributed by atoms with Gasteiger partial charge in [-0.05, 0) is 68.9 Å². The smallest absolute Gasteiger partial charge is 0.0342 e. The highest BCUT2D eigenvalue weighted by molar-refractivity contribution is 5.30. The Kier molecular flexibility index (Phi) is 7.15. The van der Waals surface area contributed by atoms with E-state index in [0.717, 1.165) is 13.1 Å². The van der Waals surface area contributed by atoms with Crippen molar-refractivity contribution in [1.82, 2.24) is 14.7 Å². The van der Waals surface area contributed by atoms with Gasteiger partial charge in [-0.15, -0.1) is 0 Å². The molecular formula is C28H41N3. The first-order chi connectivity index (χ1) is 15.1. The normalized spacial score (nSPS) is 28.9. The van der Waals surface area contributed by atoms with E-state index in [2.05, 4.69) is 103 Å². The zero-order valence-corrected chi connectivity index (χ0v) is 20.0. The van der Waals surface area contributed by atoms with Gasteiger partial charge in [0.25, 0.3) is 0 Å². The second-order valence-electron chi connectivity index (χ2n) is 9.99. The summed E-state index contributed by atoms with van der Waals surface area (Å²) in [5.74, 6) is 1.89. The summed E-state index contributed by atoms with van der Waals surface area (Å²) in [5, 5.41) is 0. The van der Waals surface area contributed by atoms with Crippen LogP contribution in [0.2, 0.25) is 0 Å². The van der Waals surface area contributed by atoms with Crippen molar-refractivity contribution < 1.29 is 0 Å². The fourth-order valence-electron chi connectivity index (χ4n) is 6.28. The zero-order chi connectivity index (χ0) is 21.8. The molecule has 2 heterocycles. The first kappa shape index (κ1) is 22.5. The highest BCUT2D eigenvalue weighted by atomic mass is 15.3. The van der Waals surface area contributed by atoms with E-state index in [4.69, 9.17) is 0 Å². The van der Waals surface area contributed by atoms with Crippen LogP contribution in [-0.2, 0) is 0 Å². The van der Waals surface area contributed by atoms with Crippen molar-refractivity contribution in [2.24, 2.45) is 5.92 Å². The first-order valence-electron chi connectivity index (χ1n) is 12.3. The average Bonchev–Trinajstić information content (AvgIpc) is 3.08. The molecule has 2 atom stereocenters. The van der Waals surface area contributed by atoms with E-state index in [1.54, 1.807) is 0 Å². The predicted octanol–water partition coefficient (Wildman–Crippen LogP) is 4.92. The van der Waals surface area contributed by atoms with Crippen LogP contribution in [-0.4, -0.2) is 73.6 Å². The fraction of sp³-hybridized carbons (Fsp3) is 0.571. The van der Waals surface area contributed by atoms with E-state index in [0.29, 0.717) is 17.8 Å². The van der Waals surface area contributed by atoms with Gasteiger partial charge in [0.2, 0.25) is 0 Å². The second kappa shape index (κ2) is 9.85. The molecule has 5 rings (SSSR count). The Hall–Kier alpha value is -1.68. The van der Waals surface area contributed by atoms with E-state index in [-0.39, 0.29) is 5.54 Å². The van der Waals surface area contributed by atoms with Gasteiger partial charge in [0, 0.05) is 31.7 Å². The first-order valence-corrected chi connectivity index (χ1v) is 12.3. The molecule has 0 aromatic heterocycles. The lowest BCUT2D eigenvalue weighted by molar-refractivity contribution is 0.0634. The quantitative estimate of drug-likeness (QED) is 0.601. The van der Waals surface area contributed by atoms with Crippen molar-refractivity contribution in [3.8, 4) is 0 Å². The summed E-state index contributed by atoms with van der Waals surface area (Å²) in [6.07, 6.45) is 2.53. The molecule has 2 saturated heterocycles. The highest BCUT2D eigenvalue weighted by Crippen LogP contribution is 2.54. The summed E-state index contributed by atoms with van der Waals surface area (Å²) in [7, 11) is 4.64. The van der Waals surface area contributed by atoms with Gasteiger partial charge >= 0.3 is 0 Å². The van der Waals surface area contributed by atoms with Crippen molar-refractivity contribution in [2.45, 2.75) is 44.1 Å². The third-order valence-corrected chi connectivity index (χ3v) is 8.25. The molecule has 0 N–H and O–H groups in total. The number of benzene rings is 2. The summed E-state index contributed by atoms with van der Waals surface area (Å²) in [6, 6.07) is 22.7. The number of hydrogen-bond acceptors (Lipinski definition) is 3. The lowest BCUT2D eigenvalue weighted by atomic mass is 9.61. The number of hydrogen-bond donors (Lipinski definition) is 0. The maximum atomic E-state index is 2.80. The average molecular weight is 420 g/mol. The fourth-order valence-corrected chi connectivity index (χ4v) is 6.28. The lowest BCUT2D eigenvalue weighted by Crippen LogP contribution is -2.54. The van der Waals surface area contributed by atoms with E-state index < -0.39 is 0 Å². The molecule has 0 spiro atoms. The molecule has 2 aliphatic heterocycles. The molecule has 2 unspecified atom stereocenters. The minimum absolute atomic E-state index is 0.220. The Morgan fingerprint density at radius 1 is 0.839 bits per heavy atom. The van der Waals surface area contributed by atoms with Crippen LogP contribution < -0.4 is 0 Å². The van der Waals surface area contributed by atoms with E-state index >= 15 is 0 Å². The molecule has 1 aliphatic carbocycles. The van der Waals surface area contributed by atoms with Crippen molar-refractivity contribution in [3.05, 3.63) is 71.8 Å². The number of nitrogens with zero attached hydrogens (tertiary/aromatic N) is 3. The second-order valence-corrected chi connectivity index (χ2v) is 9.99. The molecule has 3 fully saturated rings. The molecule has 0 amide bonds. The molecule has 168 valence electrons. The molecule has 2 aromatic carbocycles. The number of likely N-dealkylation sites (N-methyl/N-ethyl adjacent to an activating group) is 2. The summed E-state index contributed by atoms with van der Waals surface area (Å²) in [4.78, 5) is 7.93. The van der Waals surface area contributed by atoms with Crippen molar-refractivity contribution in [3.63, 3.8) is 0 Å². The predicted molar refractivity (Wildman–Crippen MR) is 132 cm³/mol. The summed E-state index contributed by atoms with van der Waals surface area (Å²) < 4.78 is 0. The van der Waals surface area contributed by atoms with E-state index in [1.807, 2.05) is 0 Å². The molecule has 3 aliphatic rings. The van der Waals surface area contributed by atoms with E-state index in [1.165, 1.54) is 50.1 Å². The Morgan fingerprint density at radius 3 is 1.81 bits per heavy atom. The van der Waals surface area contributed by atoms with Gasteiger partial charge in [-0.2, -0.15) is 0 Å². The highest BCUT2D eigenvalue weighted by Gasteiger charge is 2.52. The van der Waals surface area contributed by atoms with Crippen molar-refractivity contribution in [2.75, 3.05) is 53.4 Å². The van der Waals surface area contributed by atoms with E-state index in [9.17, 15) is 0 Å². The monoisotopic (exact) mass is 419 g/mol. The standard InChI is InChI=1S/C28H41N3/c1-5-30(6-2)17-18-31-21-27-25(23-13-9-7-10-14-23)19-28(22-31,29(3)4)20-26(27)24-15-11-8-12-16-24/h7-16,25-27H,5-6,17-22H2,1-4H3. The molecule has 2 aromatic rings. The Bertz CT molecular complexity index is 750. The minimum atomic E-state index is 0.220. The van der Waals surface area contributed by atoms with Gasteiger partial charge in [-0.25, -0.2) is 0 Å². The maximum Gasteiger partial charge on any atom is 0.0342 e. The van der Waals surface area contributed by atoms with Gasteiger partial charge in [-0.1, -0.05) is 74.5 Å². The van der Waals surface area contributed by atoms with Gasteiger partial charge in [-0.3, -0.25) is 4.90 Å². The van der Waals surface area contributed by atoms with Crippen LogP contribution in [0.25, 0.3) is 0 Å². The topological polar surface area (TPSA) is 9.72 Å². The Morgan fingerprint density at radius 2 is 1.35 bits per heavy atom. The van der Waals surface area contributed by atoms with Crippen molar-refractivity contribution in [1.29, 1.82) is 0 Å². The van der Waals surface area contributed by atoms with Gasteiger partial charge in [0.1, 0.15) is 0 Å². The summed E-state index contributed by atoms with van der Waals surface area (Å²) >= 11 is 0. The summed E-state index contributed by atoms with van der Waals surface area (Å²) in [5.41, 5.74) is 3.28. The van der Waals surface area contributed by atoms with Crippen LogP contribution in [0, 0.1) is 5.92 Å². The molecule has 31 heavy (non-hydrogen) atoms. The third kappa shape index (κ3) is 4.74. The van der Waals surface area contributed by atoms with Gasteiger partial charge in [0.15, 0.2) is 0 Å². The Labute approximate surface area is 190 Å².